The first-order valence-corrected chi connectivity index (χ1v) is 8.04. The van der Waals surface area contributed by atoms with Crippen LogP contribution in [0.15, 0.2) is 47.7 Å². The van der Waals surface area contributed by atoms with Gasteiger partial charge in [0.15, 0.2) is 5.82 Å². The summed E-state index contributed by atoms with van der Waals surface area (Å²) in [4.78, 5) is 27.1. The largest absolute Gasteiger partial charge is 0.355 e. The van der Waals surface area contributed by atoms with Crippen molar-refractivity contribution in [2.75, 3.05) is 23.3 Å². The van der Waals surface area contributed by atoms with E-state index in [2.05, 4.69) is 30.3 Å². The Morgan fingerprint density at radius 1 is 1.12 bits per heavy atom. The van der Waals surface area contributed by atoms with Crippen molar-refractivity contribution in [3.05, 3.63) is 48.7 Å². The SMILES string of the molecule is O=C(Nc1cncnc1N1CCCC1)c1ccc(-c2ncon2)cc1. The number of carbonyl (C=O) groups is 1. The van der Waals surface area contributed by atoms with E-state index < -0.39 is 0 Å². The van der Waals surface area contributed by atoms with Crippen LogP contribution in [0.25, 0.3) is 11.4 Å². The van der Waals surface area contributed by atoms with Gasteiger partial charge in [0.05, 0.1) is 6.20 Å². The van der Waals surface area contributed by atoms with Crippen molar-refractivity contribution in [1.29, 1.82) is 0 Å². The molecular formula is C17H16N6O2. The van der Waals surface area contributed by atoms with E-state index in [9.17, 15) is 4.79 Å². The van der Waals surface area contributed by atoms with Crippen LogP contribution in [0.3, 0.4) is 0 Å². The van der Waals surface area contributed by atoms with Gasteiger partial charge in [0.2, 0.25) is 12.2 Å². The van der Waals surface area contributed by atoms with E-state index in [4.69, 9.17) is 4.52 Å². The Morgan fingerprint density at radius 3 is 2.64 bits per heavy atom. The van der Waals surface area contributed by atoms with Crippen molar-refractivity contribution in [2.24, 2.45) is 0 Å². The van der Waals surface area contributed by atoms with Crippen LogP contribution in [0.4, 0.5) is 11.5 Å². The Bertz CT molecular complexity index is 857. The highest BCUT2D eigenvalue weighted by Gasteiger charge is 2.19. The highest BCUT2D eigenvalue weighted by molar-refractivity contribution is 6.05. The number of hydrogen-bond acceptors (Lipinski definition) is 7. The van der Waals surface area contributed by atoms with Crippen molar-refractivity contribution in [2.45, 2.75) is 12.8 Å². The van der Waals surface area contributed by atoms with E-state index in [1.54, 1.807) is 30.5 Å². The van der Waals surface area contributed by atoms with Gasteiger partial charge in [-0.3, -0.25) is 4.79 Å². The molecule has 0 radical (unpaired) electrons. The van der Waals surface area contributed by atoms with Crippen LogP contribution in [-0.2, 0) is 0 Å². The first kappa shape index (κ1) is 15.3. The van der Waals surface area contributed by atoms with E-state index in [-0.39, 0.29) is 5.91 Å². The summed E-state index contributed by atoms with van der Waals surface area (Å²) >= 11 is 0. The molecule has 0 spiro atoms. The Balaban J connectivity index is 1.52. The minimum absolute atomic E-state index is 0.213. The molecule has 2 aromatic heterocycles. The predicted octanol–water partition coefficient (Wildman–Crippen LogP) is 2.38. The molecule has 1 N–H and O–H groups in total. The lowest BCUT2D eigenvalue weighted by atomic mass is 10.1. The molecule has 1 saturated heterocycles. The standard InChI is InChI=1S/C17H16N6O2/c24-17(13-5-3-12(4-6-13)15-20-11-25-22-15)21-14-9-18-10-19-16(14)23-7-1-2-8-23/h3-6,9-11H,1-2,7-8H2,(H,21,24). The Morgan fingerprint density at radius 2 is 1.92 bits per heavy atom. The van der Waals surface area contributed by atoms with Crippen LogP contribution in [-0.4, -0.2) is 39.1 Å². The number of rotatable bonds is 4. The lowest BCUT2D eigenvalue weighted by Gasteiger charge is -2.19. The summed E-state index contributed by atoms with van der Waals surface area (Å²) in [5, 5.41) is 6.68. The zero-order chi connectivity index (χ0) is 17.1. The molecule has 0 bridgehead atoms. The van der Waals surface area contributed by atoms with Crippen molar-refractivity contribution in [1.82, 2.24) is 20.1 Å². The molecule has 0 saturated carbocycles. The molecule has 0 atom stereocenters. The first-order chi connectivity index (χ1) is 12.3. The molecule has 8 nitrogen and oxygen atoms in total. The second kappa shape index (κ2) is 6.68. The number of hydrogen-bond donors (Lipinski definition) is 1. The highest BCUT2D eigenvalue weighted by Crippen LogP contribution is 2.26. The normalized spacial score (nSPS) is 13.8. The van der Waals surface area contributed by atoms with E-state index in [1.807, 2.05) is 0 Å². The van der Waals surface area contributed by atoms with Crippen molar-refractivity contribution < 1.29 is 9.32 Å². The van der Waals surface area contributed by atoms with Crippen LogP contribution in [0.5, 0.6) is 0 Å². The number of nitrogens with one attached hydrogen (secondary N) is 1. The van der Waals surface area contributed by atoms with Crippen LogP contribution in [0.2, 0.25) is 0 Å². The smallest absolute Gasteiger partial charge is 0.255 e. The predicted molar refractivity (Wildman–Crippen MR) is 91.2 cm³/mol. The van der Waals surface area contributed by atoms with Crippen LogP contribution in [0, 0.1) is 0 Å². The van der Waals surface area contributed by atoms with Crippen LogP contribution >= 0.6 is 0 Å². The fourth-order valence-corrected chi connectivity index (χ4v) is 2.86. The fourth-order valence-electron chi connectivity index (χ4n) is 2.86. The van der Waals surface area contributed by atoms with Gasteiger partial charge in [0.1, 0.15) is 12.0 Å². The summed E-state index contributed by atoms with van der Waals surface area (Å²) in [7, 11) is 0. The summed E-state index contributed by atoms with van der Waals surface area (Å²) < 4.78 is 4.73. The second-order valence-electron chi connectivity index (χ2n) is 5.74. The highest BCUT2D eigenvalue weighted by atomic mass is 16.5. The van der Waals surface area contributed by atoms with Gasteiger partial charge in [-0.15, -0.1) is 0 Å². The average molecular weight is 336 g/mol. The summed E-state index contributed by atoms with van der Waals surface area (Å²) in [6.07, 6.45) is 6.67. The molecule has 1 aliphatic heterocycles. The molecule has 8 heteroatoms. The van der Waals surface area contributed by atoms with Gasteiger partial charge >= 0.3 is 0 Å². The Labute approximate surface area is 143 Å². The number of benzene rings is 1. The van der Waals surface area contributed by atoms with Gasteiger partial charge in [-0.2, -0.15) is 4.98 Å². The molecular weight excluding hydrogens is 320 g/mol. The third-order valence-electron chi connectivity index (χ3n) is 4.11. The number of carbonyl (C=O) groups excluding carboxylic acids is 1. The summed E-state index contributed by atoms with van der Waals surface area (Å²) in [5.41, 5.74) is 1.94. The van der Waals surface area contributed by atoms with Gasteiger partial charge in [-0.25, -0.2) is 9.97 Å². The molecule has 3 aromatic rings. The summed E-state index contributed by atoms with van der Waals surface area (Å²) in [6, 6.07) is 7.01. The number of aromatic nitrogens is 4. The summed E-state index contributed by atoms with van der Waals surface area (Å²) in [5.74, 6) is 1.04. The van der Waals surface area contributed by atoms with Crippen molar-refractivity contribution >= 4 is 17.4 Å². The molecule has 1 fully saturated rings. The molecule has 25 heavy (non-hydrogen) atoms. The second-order valence-corrected chi connectivity index (χ2v) is 5.74. The molecule has 3 heterocycles. The number of amides is 1. The Hall–Kier alpha value is -3.29. The zero-order valence-corrected chi connectivity index (χ0v) is 13.4. The maximum Gasteiger partial charge on any atom is 0.255 e. The minimum atomic E-state index is -0.213. The molecule has 1 amide bonds. The van der Waals surface area contributed by atoms with Gasteiger partial charge in [-0.1, -0.05) is 17.3 Å². The van der Waals surface area contributed by atoms with E-state index in [0.29, 0.717) is 17.1 Å². The van der Waals surface area contributed by atoms with Crippen LogP contribution < -0.4 is 10.2 Å². The first-order valence-electron chi connectivity index (χ1n) is 8.04. The number of nitrogens with zero attached hydrogens (tertiary/aromatic N) is 5. The molecule has 0 unspecified atom stereocenters. The maximum absolute atomic E-state index is 12.5. The maximum atomic E-state index is 12.5. The third kappa shape index (κ3) is 3.18. The van der Waals surface area contributed by atoms with E-state index in [0.717, 1.165) is 37.3 Å². The van der Waals surface area contributed by atoms with Crippen molar-refractivity contribution in [3.63, 3.8) is 0 Å². The summed E-state index contributed by atoms with van der Waals surface area (Å²) in [6.45, 7) is 1.89. The Kier molecular flexibility index (Phi) is 4.07. The van der Waals surface area contributed by atoms with Gasteiger partial charge in [0.25, 0.3) is 5.91 Å². The van der Waals surface area contributed by atoms with E-state index in [1.165, 1.54) is 12.7 Å². The van der Waals surface area contributed by atoms with Crippen molar-refractivity contribution in [3.8, 4) is 11.4 Å². The minimum Gasteiger partial charge on any atom is -0.355 e. The topological polar surface area (TPSA) is 97.0 Å². The quantitative estimate of drug-likeness (QED) is 0.781. The third-order valence-corrected chi connectivity index (χ3v) is 4.11. The van der Waals surface area contributed by atoms with Crippen LogP contribution in [0.1, 0.15) is 23.2 Å². The lowest BCUT2D eigenvalue weighted by Crippen LogP contribution is -2.22. The fraction of sp³-hybridized carbons (Fsp3) is 0.235. The number of anilines is 2. The monoisotopic (exact) mass is 336 g/mol. The van der Waals surface area contributed by atoms with Gasteiger partial charge in [-0.05, 0) is 25.0 Å². The van der Waals surface area contributed by atoms with Gasteiger partial charge in [0, 0.05) is 24.2 Å². The lowest BCUT2D eigenvalue weighted by molar-refractivity contribution is 0.102. The average Bonchev–Trinajstić information content (AvgIpc) is 3.36. The molecule has 0 aliphatic carbocycles. The zero-order valence-electron chi connectivity index (χ0n) is 13.4. The molecule has 4 rings (SSSR count). The molecule has 1 aliphatic rings. The molecule has 1 aromatic carbocycles. The van der Waals surface area contributed by atoms with Gasteiger partial charge < -0.3 is 14.7 Å². The molecule has 126 valence electrons. The van der Waals surface area contributed by atoms with E-state index >= 15 is 0 Å².